The van der Waals surface area contributed by atoms with Crippen molar-refractivity contribution in [1.82, 2.24) is 10.2 Å². The molecular formula is C14H21F3N2. The van der Waals surface area contributed by atoms with Crippen LogP contribution in [0.1, 0.15) is 31.0 Å². The van der Waals surface area contributed by atoms with Crippen LogP contribution in [0, 0.1) is 0 Å². The first-order valence-corrected chi connectivity index (χ1v) is 6.43. The fourth-order valence-corrected chi connectivity index (χ4v) is 1.73. The zero-order valence-corrected chi connectivity index (χ0v) is 11.6. The third-order valence-corrected chi connectivity index (χ3v) is 3.20. The van der Waals surface area contributed by atoms with E-state index in [0.29, 0.717) is 5.56 Å². The van der Waals surface area contributed by atoms with Gasteiger partial charge in [-0.25, -0.2) is 0 Å². The summed E-state index contributed by atoms with van der Waals surface area (Å²) in [4.78, 5) is 2.14. The van der Waals surface area contributed by atoms with E-state index in [1.54, 1.807) is 6.07 Å². The second kappa shape index (κ2) is 6.91. The zero-order valence-electron chi connectivity index (χ0n) is 11.6. The van der Waals surface area contributed by atoms with Crippen LogP contribution in [0.25, 0.3) is 0 Å². The molecule has 0 fully saturated rings. The molecule has 1 atom stereocenters. The molecule has 0 saturated carbocycles. The number of likely N-dealkylation sites (N-methyl/N-ethyl adjacent to an activating group) is 1. The maximum atomic E-state index is 12.6. The molecule has 0 aliphatic carbocycles. The number of alkyl halides is 3. The monoisotopic (exact) mass is 274 g/mol. The van der Waals surface area contributed by atoms with Crippen LogP contribution in [0.15, 0.2) is 24.3 Å². The largest absolute Gasteiger partial charge is 0.416 e. The van der Waals surface area contributed by atoms with Gasteiger partial charge in [0.15, 0.2) is 0 Å². The first kappa shape index (κ1) is 16.0. The van der Waals surface area contributed by atoms with Crippen molar-refractivity contribution in [1.29, 1.82) is 0 Å². The lowest BCUT2D eigenvalue weighted by Gasteiger charge is -2.19. The van der Waals surface area contributed by atoms with Crippen molar-refractivity contribution in [3.05, 3.63) is 35.4 Å². The molecule has 5 heteroatoms. The predicted octanol–water partition coefficient (Wildman–Crippen LogP) is 3.31. The number of hydrogen-bond donors (Lipinski definition) is 1. The van der Waals surface area contributed by atoms with E-state index < -0.39 is 11.7 Å². The Morgan fingerprint density at radius 3 is 2.58 bits per heavy atom. The lowest BCUT2D eigenvalue weighted by molar-refractivity contribution is -0.137. The summed E-state index contributed by atoms with van der Waals surface area (Å²) in [6, 6.07) is 5.39. The van der Waals surface area contributed by atoms with E-state index >= 15 is 0 Å². The molecule has 1 unspecified atom stereocenters. The molecule has 2 nitrogen and oxygen atoms in total. The summed E-state index contributed by atoms with van der Waals surface area (Å²) < 4.78 is 37.8. The zero-order chi connectivity index (χ0) is 14.5. The van der Waals surface area contributed by atoms with Gasteiger partial charge in [-0.1, -0.05) is 19.1 Å². The van der Waals surface area contributed by atoms with Crippen molar-refractivity contribution < 1.29 is 13.2 Å². The van der Waals surface area contributed by atoms with Crippen LogP contribution in [0.5, 0.6) is 0 Å². The Morgan fingerprint density at radius 1 is 1.32 bits per heavy atom. The van der Waals surface area contributed by atoms with E-state index in [4.69, 9.17) is 0 Å². The smallest absolute Gasteiger partial charge is 0.309 e. The van der Waals surface area contributed by atoms with Gasteiger partial charge in [0, 0.05) is 19.1 Å². The minimum absolute atomic E-state index is 0.0902. The van der Waals surface area contributed by atoms with Crippen molar-refractivity contribution in [3.8, 4) is 0 Å². The highest BCUT2D eigenvalue weighted by Gasteiger charge is 2.30. The molecule has 0 heterocycles. The van der Waals surface area contributed by atoms with Gasteiger partial charge in [-0.3, -0.25) is 0 Å². The summed E-state index contributed by atoms with van der Waals surface area (Å²) in [5, 5.41) is 3.23. The molecule has 0 aliphatic heterocycles. The fourth-order valence-electron chi connectivity index (χ4n) is 1.73. The predicted molar refractivity (Wildman–Crippen MR) is 71.0 cm³/mol. The number of benzene rings is 1. The Labute approximate surface area is 112 Å². The Kier molecular flexibility index (Phi) is 5.82. The third-order valence-electron chi connectivity index (χ3n) is 3.20. The summed E-state index contributed by atoms with van der Waals surface area (Å²) in [6.45, 7) is 6.53. The molecule has 0 aliphatic rings. The van der Waals surface area contributed by atoms with Gasteiger partial charge in [-0.05, 0) is 38.2 Å². The summed E-state index contributed by atoms with van der Waals surface area (Å²) in [6.07, 6.45) is -4.28. The first-order chi connectivity index (χ1) is 8.84. The number of nitrogens with zero attached hydrogens (tertiary/aromatic N) is 1. The maximum Gasteiger partial charge on any atom is 0.416 e. The van der Waals surface area contributed by atoms with Crippen molar-refractivity contribution in [2.45, 2.75) is 26.1 Å². The van der Waals surface area contributed by atoms with Gasteiger partial charge in [0.1, 0.15) is 0 Å². The van der Waals surface area contributed by atoms with Gasteiger partial charge >= 0.3 is 6.18 Å². The van der Waals surface area contributed by atoms with Crippen LogP contribution >= 0.6 is 0 Å². The lowest BCUT2D eigenvalue weighted by Crippen LogP contribution is -2.30. The van der Waals surface area contributed by atoms with E-state index in [2.05, 4.69) is 17.1 Å². The molecule has 1 N–H and O–H groups in total. The van der Waals surface area contributed by atoms with Crippen molar-refractivity contribution in [3.63, 3.8) is 0 Å². The molecular weight excluding hydrogens is 253 g/mol. The lowest BCUT2D eigenvalue weighted by atomic mass is 10.0. The summed E-state index contributed by atoms with van der Waals surface area (Å²) in [7, 11) is 2.01. The van der Waals surface area contributed by atoms with Crippen LogP contribution in [0.3, 0.4) is 0 Å². The van der Waals surface area contributed by atoms with Crippen LogP contribution in [0.2, 0.25) is 0 Å². The van der Waals surface area contributed by atoms with Gasteiger partial charge < -0.3 is 10.2 Å². The Bertz CT molecular complexity index is 391. The number of nitrogens with one attached hydrogen (secondary N) is 1. The van der Waals surface area contributed by atoms with Gasteiger partial charge in [0.05, 0.1) is 5.56 Å². The molecule has 19 heavy (non-hydrogen) atoms. The molecule has 0 bridgehead atoms. The van der Waals surface area contributed by atoms with Crippen LogP contribution < -0.4 is 5.32 Å². The quantitative estimate of drug-likeness (QED) is 0.856. The van der Waals surface area contributed by atoms with Crippen LogP contribution in [-0.2, 0) is 6.18 Å². The second-order valence-electron chi connectivity index (χ2n) is 4.69. The van der Waals surface area contributed by atoms with Gasteiger partial charge in [-0.15, -0.1) is 0 Å². The van der Waals surface area contributed by atoms with Crippen molar-refractivity contribution in [2.24, 2.45) is 0 Å². The van der Waals surface area contributed by atoms with E-state index in [-0.39, 0.29) is 6.04 Å². The highest BCUT2D eigenvalue weighted by molar-refractivity contribution is 5.27. The van der Waals surface area contributed by atoms with Crippen LogP contribution in [-0.4, -0.2) is 31.6 Å². The molecule has 1 rings (SSSR count). The third kappa shape index (κ3) is 5.20. The highest BCUT2D eigenvalue weighted by Crippen LogP contribution is 2.30. The minimum Gasteiger partial charge on any atom is -0.309 e. The topological polar surface area (TPSA) is 15.3 Å². The van der Waals surface area contributed by atoms with E-state index in [9.17, 15) is 13.2 Å². The average molecular weight is 274 g/mol. The Hall–Kier alpha value is -1.07. The average Bonchev–Trinajstić information content (AvgIpc) is 2.37. The molecule has 1 aromatic carbocycles. The van der Waals surface area contributed by atoms with E-state index in [0.717, 1.165) is 25.7 Å². The molecule has 0 amide bonds. The first-order valence-electron chi connectivity index (χ1n) is 6.43. The van der Waals surface area contributed by atoms with Gasteiger partial charge in [0.2, 0.25) is 0 Å². The molecule has 108 valence electrons. The van der Waals surface area contributed by atoms with Crippen molar-refractivity contribution >= 4 is 0 Å². The highest BCUT2D eigenvalue weighted by atomic mass is 19.4. The molecule has 1 aromatic rings. The normalized spacial score (nSPS) is 13.8. The summed E-state index contributed by atoms with van der Waals surface area (Å²) >= 11 is 0. The number of halogens is 3. The van der Waals surface area contributed by atoms with E-state index in [1.165, 1.54) is 12.1 Å². The fraction of sp³-hybridized carbons (Fsp3) is 0.571. The molecule has 0 saturated heterocycles. The Morgan fingerprint density at radius 2 is 2.00 bits per heavy atom. The number of hydrogen-bond acceptors (Lipinski definition) is 2. The minimum atomic E-state index is -4.28. The van der Waals surface area contributed by atoms with Gasteiger partial charge in [0.25, 0.3) is 0 Å². The number of rotatable bonds is 6. The van der Waals surface area contributed by atoms with Gasteiger partial charge in [-0.2, -0.15) is 13.2 Å². The molecule has 0 aromatic heterocycles. The molecule has 0 radical (unpaired) electrons. The SMILES string of the molecule is CCN(C)CCNC(C)c1cccc(C(F)(F)F)c1. The van der Waals surface area contributed by atoms with E-state index in [1.807, 2.05) is 14.0 Å². The summed E-state index contributed by atoms with van der Waals surface area (Å²) in [5.41, 5.74) is 0.0679. The molecule has 0 spiro atoms. The Balaban J connectivity index is 2.60. The maximum absolute atomic E-state index is 12.6. The summed E-state index contributed by atoms with van der Waals surface area (Å²) in [5.74, 6) is 0. The standard InChI is InChI=1S/C14H21F3N2/c1-4-19(3)9-8-18-11(2)12-6-5-7-13(10-12)14(15,16)17/h5-7,10-11,18H,4,8-9H2,1-3H3. The second-order valence-corrected chi connectivity index (χ2v) is 4.69. The van der Waals surface area contributed by atoms with Crippen LogP contribution in [0.4, 0.5) is 13.2 Å². The van der Waals surface area contributed by atoms with Crippen molar-refractivity contribution in [2.75, 3.05) is 26.7 Å².